The molecular formula is C30H39N7O4. The Morgan fingerprint density at radius 3 is 2.71 bits per heavy atom. The summed E-state index contributed by atoms with van der Waals surface area (Å²) in [5.41, 5.74) is 4.62. The molecule has 5 rings (SSSR count). The van der Waals surface area contributed by atoms with Gasteiger partial charge in [-0.15, -0.1) is 0 Å². The first-order valence-electron chi connectivity index (χ1n) is 14.3. The molecule has 218 valence electrons. The summed E-state index contributed by atoms with van der Waals surface area (Å²) in [7, 11) is 1.90. The normalized spacial score (nSPS) is 16.7. The van der Waals surface area contributed by atoms with Gasteiger partial charge in [0.1, 0.15) is 24.4 Å². The van der Waals surface area contributed by atoms with Gasteiger partial charge < -0.3 is 20.1 Å². The molecule has 4 heterocycles. The van der Waals surface area contributed by atoms with Gasteiger partial charge in [0, 0.05) is 65.1 Å². The monoisotopic (exact) mass is 561 g/mol. The van der Waals surface area contributed by atoms with Crippen molar-refractivity contribution in [3.63, 3.8) is 0 Å². The van der Waals surface area contributed by atoms with Gasteiger partial charge in [-0.2, -0.15) is 5.10 Å². The highest BCUT2D eigenvalue weighted by molar-refractivity contribution is 5.92. The Morgan fingerprint density at radius 1 is 1.12 bits per heavy atom. The van der Waals surface area contributed by atoms with Crippen LogP contribution in [0.4, 0.5) is 0 Å². The van der Waals surface area contributed by atoms with Crippen molar-refractivity contribution in [3.05, 3.63) is 71.1 Å². The predicted molar refractivity (Wildman–Crippen MR) is 152 cm³/mol. The molecule has 0 radical (unpaired) electrons. The maximum Gasteiger partial charge on any atom is 0.270 e. The van der Waals surface area contributed by atoms with Gasteiger partial charge in [0.05, 0.1) is 11.8 Å². The molecule has 2 N–H and O–H groups in total. The van der Waals surface area contributed by atoms with Crippen molar-refractivity contribution >= 4 is 11.8 Å². The number of fused-ring (bicyclic) bond motifs is 1. The van der Waals surface area contributed by atoms with E-state index in [1.54, 1.807) is 23.9 Å². The van der Waals surface area contributed by atoms with E-state index < -0.39 is 6.10 Å². The Morgan fingerprint density at radius 2 is 1.95 bits per heavy atom. The van der Waals surface area contributed by atoms with E-state index in [0.717, 1.165) is 69.0 Å². The number of aliphatic hydroxyl groups is 1. The van der Waals surface area contributed by atoms with E-state index in [9.17, 15) is 14.7 Å². The molecule has 2 aliphatic rings. The Labute approximate surface area is 240 Å². The van der Waals surface area contributed by atoms with Crippen LogP contribution in [-0.2, 0) is 37.8 Å². The standard InChI is InChI=1S/C30H39N7O4/c1-21(38)37-11-6-22(7-12-37)13-25-15-29(33-20-32-25)30(40)31-16-27(39)18-36-10-8-23-14-28(4-3-24(23)17-36)41-19-26-5-9-34-35(26)2/h3-5,9,14-15,20,22,27,39H,6-8,10-13,16-19H2,1-2H3,(H,31,40)/t27-/m0/s1. The van der Waals surface area contributed by atoms with E-state index in [1.165, 1.54) is 17.5 Å². The molecule has 2 aliphatic heterocycles. The van der Waals surface area contributed by atoms with E-state index in [4.69, 9.17) is 4.74 Å². The predicted octanol–water partition coefficient (Wildman–Crippen LogP) is 1.74. The molecule has 2 amide bonds. The van der Waals surface area contributed by atoms with Crippen molar-refractivity contribution in [3.8, 4) is 5.75 Å². The van der Waals surface area contributed by atoms with E-state index in [2.05, 4.69) is 37.4 Å². The molecule has 0 saturated carbocycles. The summed E-state index contributed by atoms with van der Waals surface area (Å²) < 4.78 is 7.76. The maximum atomic E-state index is 12.8. The van der Waals surface area contributed by atoms with Gasteiger partial charge in [0.15, 0.2) is 0 Å². The van der Waals surface area contributed by atoms with Gasteiger partial charge in [-0.3, -0.25) is 19.2 Å². The molecule has 0 aliphatic carbocycles. The van der Waals surface area contributed by atoms with E-state index in [0.29, 0.717) is 24.8 Å². The zero-order chi connectivity index (χ0) is 28.8. The minimum absolute atomic E-state index is 0.119. The number of benzene rings is 1. The second-order valence-corrected chi connectivity index (χ2v) is 11.1. The summed E-state index contributed by atoms with van der Waals surface area (Å²) in [6.45, 7) is 5.78. The third-order valence-electron chi connectivity index (χ3n) is 8.06. The number of rotatable bonds is 10. The van der Waals surface area contributed by atoms with Crippen LogP contribution in [0.1, 0.15) is 52.8 Å². The van der Waals surface area contributed by atoms with Crippen LogP contribution < -0.4 is 10.1 Å². The zero-order valence-electron chi connectivity index (χ0n) is 23.8. The molecule has 2 aromatic heterocycles. The topological polar surface area (TPSA) is 126 Å². The summed E-state index contributed by atoms with van der Waals surface area (Å²) >= 11 is 0. The summed E-state index contributed by atoms with van der Waals surface area (Å²) in [6.07, 6.45) is 5.97. The molecule has 11 heteroatoms. The van der Waals surface area contributed by atoms with Crippen molar-refractivity contribution in [2.24, 2.45) is 13.0 Å². The summed E-state index contributed by atoms with van der Waals surface area (Å²) in [6, 6.07) is 9.85. The number of ether oxygens (including phenoxy) is 1. The first-order valence-corrected chi connectivity index (χ1v) is 14.3. The lowest BCUT2D eigenvalue weighted by Gasteiger charge is -2.31. The number of amides is 2. The summed E-state index contributed by atoms with van der Waals surface area (Å²) in [5, 5.41) is 17.7. The average Bonchev–Trinajstić information content (AvgIpc) is 3.39. The Hall–Kier alpha value is -3.83. The SMILES string of the molecule is CC(=O)N1CCC(Cc2cc(C(=O)NC[C@H](O)CN3CCc4cc(OCc5ccnn5C)ccc4C3)ncn2)CC1. The molecule has 1 saturated heterocycles. The van der Waals surface area contributed by atoms with Gasteiger partial charge in [-0.25, -0.2) is 9.97 Å². The van der Waals surface area contributed by atoms with Crippen LogP contribution in [0, 0.1) is 5.92 Å². The quantitative estimate of drug-likeness (QED) is 0.384. The van der Waals surface area contributed by atoms with Crippen molar-refractivity contribution in [1.82, 2.24) is 34.9 Å². The van der Waals surface area contributed by atoms with Crippen molar-refractivity contribution in [2.75, 3.05) is 32.7 Å². The van der Waals surface area contributed by atoms with Gasteiger partial charge in [0.2, 0.25) is 5.91 Å². The van der Waals surface area contributed by atoms with Crippen LogP contribution in [0.5, 0.6) is 5.75 Å². The van der Waals surface area contributed by atoms with Crippen LogP contribution in [0.3, 0.4) is 0 Å². The zero-order valence-corrected chi connectivity index (χ0v) is 23.8. The molecule has 1 fully saturated rings. The number of carbonyl (C=O) groups excluding carboxylic acids is 2. The summed E-state index contributed by atoms with van der Waals surface area (Å²) in [5.74, 6) is 1.07. The highest BCUT2D eigenvalue weighted by Crippen LogP contribution is 2.25. The molecule has 0 bridgehead atoms. The lowest BCUT2D eigenvalue weighted by atomic mass is 9.92. The number of nitrogens with zero attached hydrogens (tertiary/aromatic N) is 6. The summed E-state index contributed by atoms with van der Waals surface area (Å²) in [4.78, 5) is 36.9. The molecule has 0 spiro atoms. The third-order valence-corrected chi connectivity index (χ3v) is 8.06. The molecule has 1 aromatic carbocycles. The number of likely N-dealkylation sites (tertiary alicyclic amines) is 1. The van der Waals surface area contributed by atoms with Gasteiger partial charge >= 0.3 is 0 Å². The number of carbonyl (C=O) groups is 2. The maximum absolute atomic E-state index is 12.8. The largest absolute Gasteiger partial charge is 0.487 e. The van der Waals surface area contributed by atoms with E-state index >= 15 is 0 Å². The highest BCUT2D eigenvalue weighted by Gasteiger charge is 2.23. The Kier molecular flexibility index (Phi) is 9.25. The third kappa shape index (κ3) is 7.68. The van der Waals surface area contributed by atoms with Crippen molar-refractivity contribution < 1.29 is 19.4 Å². The minimum atomic E-state index is -0.699. The second kappa shape index (κ2) is 13.2. The number of aromatic nitrogens is 4. The number of piperidine rings is 1. The first-order chi connectivity index (χ1) is 19.8. The number of aliphatic hydroxyl groups excluding tert-OH is 1. The van der Waals surface area contributed by atoms with E-state index in [1.807, 2.05) is 24.1 Å². The first kappa shape index (κ1) is 28.7. The van der Waals surface area contributed by atoms with Crippen LogP contribution >= 0.6 is 0 Å². The smallest absolute Gasteiger partial charge is 0.270 e. The van der Waals surface area contributed by atoms with Crippen molar-refractivity contribution in [1.29, 1.82) is 0 Å². The number of β-amino-alcohol motifs (C(OH)–C–C–N with tert-alkyl or cyclic N) is 1. The lowest BCUT2D eigenvalue weighted by molar-refractivity contribution is -0.130. The second-order valence-electron chi connectivity index (χ2n) is 11.1. The molecule has 11 nitrogen and oxygen atoms in total. The number of nitrogens with one attached hydrogen (secondary N) is 1. The molecule has 1 atom stereocenters. The fourth-order valence-corrected chi connectivity index (χ4v) is 5.58. The lowest BCUT2D eigenvalue weighted by Crippen LogP contribution is -2.42. The van der Waals surface area contributed by atoms with Crippen LogP contribution in [0.2, 0.25) is 0 Å². The Balaban J connectivity index is 1.05. The van der Waals surface area contributed by atoms with E-state index in [-0.39, 0.29) is 18.4 Å². The highest BCUT2D eigenvalue weighted by atomic mass is 16.5. The Bertz CT molecular complexity index is 1350. The fraction of sp³-hybridized carbons (Fsp3) is 0.500. The molecular weight excluding hydrogens is 522 g/mol. The number of aryl methyl sites for hydroxylation is 1. The van der Waals surface area contributed by atoms with Gasteiger partial charge in [-0.05, 0) is 67.0 Å². The molecule has 3 aromatic rings. The number of hydrogen-bond acceptors (Lipinski definition) is 8. The van der Waals surface area contributed by atoms with Crippen LogP contribution in [0.15, 0.2) is 42.9 Å². The minimum Gasteiger partial charge on any atom is -0.487 e. The van der Waals surface area contributed by atoms with Crippen LogP contribution in [0.25, 0.3) is 0 Å². The molecule has 41 heavy (non-hydrogen) atoms. The fourth-order valence-electron chi connectivity index (χ4n) is 5.58. The average molecular weight is 562 g/mol. The number of hydrogen-bond donors (Lipinski definition) is 2. The van der Waals surface area contributed by atoms with Crippen molar-refractivity contribution in [2.45, 2.75) is 51.9 Å². The molecule has 0 unspecified atom stereocenters. The van der Waals surface area contributed by atoms with Gasteiger partial charge in [0.25, 0.3) is 5.91 Å². The van der Waals surface area contributed by atoms with Gasteiger partial charge in [-0.1, -0.05) is 6.07 Å². The van der Waals surface area contributed by atoms with Crippen LogP contribution in [-0.4, -0.2) is 85.3 Å².